The van der Waals surface area contributed by atoms with E-state index in [1.165, 1.54) is 25.3 Å². The number of nitro groups is 1. The highest BCUT2D eigenvalue weighted by Gasteiger charge is 2.19. The van der Waals surface area contributed by atoms with Gasteiger partial charge in [-0.15, -0.1) is 0 Å². The molecule has 0 radical (unpaired) electrons. The highest BCUT2D eigenvalue weighted by molar-refractivity contribution is 6.32. The highest BCUT2D eigenvalue weighted by atomic mass is 35.5. The monoisotopic (exact) mass is 285 g/mol. The number of phenolic OH excluding ortho intramolecular Hbond substituents is 1. The molecule has 0 unspecified atom stereocenters. The molecule has 0 spiro atoms. The van der Waals surface area contributed by atoms with Crippen molar-refractivity contribution in [3.05, 3.63) is 27.3 Å². The Morgan fingerprint density at radius 2 is 2.05 bits per heavy atom. The van der Waals surface area contributed by atoms with E-state index in [0.29, 0.717) is 12.5 Å². The number of benzene rings is 1. The Kier molecular flexibility index (Phi) is 4.47. The molecule has 1 saturated carbocycles. The third-order valence-electron chi connectivity index (χ3n) is 3.43. The number of aromatic hydroxyl groups is 1. The number of halogens is 1. The van der Waals surface area contributed by atoms with Crippen LogP contribution in [0.15, 0.2) is 12.1 Å². The van der Waals surface area contributed by atoms with Crippen LogP contribution in [0.25, 0.3) is 0 Å². The van der Waals surface area contributed by atoms with Gasteiger partial charge in [0.2, 0.25) is 0 Å². The minimum absolute atomic E-state index is 0.193. The smallest absolute Gasteiger partial charge is 0.314 e. The maximum Gasteiger partial charge on any atom is 0.314 e. The van der Waals surface area contributed by atoms with Crippen LogP contribution in [0.5, 0.6) is 11.5 Å². The van der Waals surface area contributed by atoms with E-state index in [4.69, 9.17) is 16.3 Å². The van der Waals surface area contributed by atoms with Crippen molar-refractivity contribution in [3.8, 4) is 11.5 Å². The van der Waals surface area contributed by atoms with Crippen LogP contribution in [-0.2, 0) is 0 Å². The first-order chi connectivity index (χ1) is 9.08. The van der Waals surface area contributed by atoms with Crippen molar-refractivity contribution in [2.75, 3.05) is 6.61 Å². The molecule has 1 fully saturated rings. The van der Waals surface area contributed by atoms with Crippen LogP contribution in [0.2, 0.25) is 5.02 Å². The third-order valence-corrected chi connectivity index (χ3v) is 3.72. The lowest BCUT2D eigenvalue weighted by Crippen LogP contribution is -2.15. The maximum absolute atomic E-state index is 10.7. The van der Waals surface area contributed by atoms with Crippen molar-refractivity contribution >= 4 is 17.3 Å². The summed E-state index contributed by atoms with van der Waals surface area (Å²) in [6.45, 7) is 0.516. The van der Waals surface area contributed by atoms with Crippen molar-refractivity contribution in [3.63, 3.8) is 0 Å². The molecule has 0 heterocycles. The number of phenols is 1. The van der Waals surface area contributed by atoms with Gasteiger partial charge in [-0.2, -0.15) is 0 Å². The van der Waals surface area contributed by atoms with Gasteiger partial charge >= 0.3 is 5.69 Å². The van der Waals surface area contributed by atoms with Gasteiger partial charge in [-0.3, -0.25) is 10.1 Å². The van der Waals surface area contributed by atoms with E-state index in [0.717, 1.165) is 18.9 Å². The van der Waals surface area contributed by atoms with Crippen LogP contribution < -0.4 is 4.74 Å². The molecule has 0 aromatic heterocycles. The van der Waals surface area contributed by atoms with Crippen molar-refractivity contribution < 1.29 is 14.8 Å². The first-order valence-electron chi connectivity index (χ1n) is 6.37. The lowest BCUT2D eigenvalue weighted by atomic mass is 9.90. The van der Waals surface area contributed by atoms with E-state index in [-0.39, 0.29) is 16.5 Å². The van der Waals surface area contributed by atoms with Gasteiger partial charge in [-0.05, 0) is 18.8 Å². The Balaban J connectivity index is 2.06. The van der Waals surface area contributed by atoms with Crippen molar-refractivity contribution in [1.82, 2.24) is 0 Å². The average Bonchev–Trinajstić information content (AvgIpc) is 2.38. The fourth-order valence-corrected chi connectivity index (χ4v) is 2.56. The van der Waals surface area contributed by atoms with E-state index in [1.807, 2.05) is 0 Å². The molecule has 19 heavy (non-hydrogen) atoms. The number of nitrogens with zero attached hydrogens (tertiary/aromatic N) is 1. The number of ether oxygens (including phenoxy) is 1. The number of rotatable bonds is 4. The largest absolute Gasteiger partial charge is 0.502 e. The molecule has 5 nitrogen and oxygen atoms in total. The molecule has 0 saturated heterocycles. The molecule has 0 aliphatic heterocycles. The van der Waals surface area contributed by atoms with Crippen LogP contribution in [0, 0.1) is 16.0 Å². The predicted octanol–water partition coefficient (Wildman–Crippen LogP) is 3.91. The predicted molar refractivity (Wildman–Crippen MR) is 71.8 cm³/mol. The molecule has 6 heteroatoms. The summed E-state index contributed by atoms with van der Waals surface area (Å²) in [5, 5.41) is 20.4. The summed E-state index contributed by atoms with van der Waals surface area (Å²) in [6.07, 6.45) is 5.92. The van der Waals surface area contributed by atoms with E-state index in [1.54, 1.807) is 0 Å². The Morgan fingerprint density at radius 1 is 1.37 bits per heavy atom. The molecular weight excluding hydrogens is 270 g/mol. The van der Waals surface area contributed by atoms with Gasteiger partial charge in [0.15, 0.2) is 5.75 Å². The molecule has 1 aliphatic rings. The van der Waals surface area contributed by atoms with E-state index < -0.39 is 10.7 Å². The lowest BCUT2D eigenvalue weighted by Gasteiger charge is -2.21. The standard InChI is InChI=1S/C13H16ClNO4/c14-10-6-12(16)11(15(17)18)7-13(10)19-8-9-4-2-1-3-5-9/h6-7,9,16H,1-5,8H2. The summed E-state index contributed by atoms with van der Waals surface area (Å²) in [5.41, 5.74) is -0.386. The van der Waals surface area contributed by atoms with Gasteiger partial charge in [0.1, 0.15) is 5.75 Å². The minimum Gasteiger partial charge on any atom is -0.502 e. The van der Waals surface area contributed by atoms with Crippen LogP contribution in [0.1, 0.15) is 32.1 Å². The fourth-order valence-electron chi connectivity index (χ4n) is 2.35. The summed E-state index contributed by atoms with van der Waals surface area (Å²) in [4.78, 5) is 10.1. The molecule has 1 aliphatic carbocycles. The zero-order chi connectivity index (χ0) is 13.8. The molecular formula is C13H16ClNO4. The van der Waals surface area contributed by atoms with Gasteiger partial charge in [-0.1, -0.05) is 30.9 Å². The van der Waals surface area contributed by atoms with E-state index >= 15 is 0 Å². The third kappa shape index (κ3) is 3.50. The summed E-state index contributed by atoms with van der Waals surface area (Å²) in [5.74, 6) is 0.300. The first kappa shape index (κ1) is 13.9. The molecule has 1 aromatic carbocycles. The van der Waals surface area contributed by atoms with Crippen LogP contribution >= 0.6 is 11.6 Å². The Hall–Kier alpha value is -1.49. The lowest BCUT2D eigenvalue weighted by molar-refractivity contribution is -0.385. The van der Waals surface area contributed by atoms with Crippen molar-refractivity contribution in [2.24, 2.45) is 5.92 Å². The molecule has 0 amide bonds. The fraction of sp³-hybridized carbons (Fsp3) is 0.538. The SMILES string of the molecule is O=[N+]([O-])c1cc(OCC2CCCCC2)c(Cl)cc1O. The van der Waals surface area contributed by atoms with Gasteiger partial charge in [0.05, 0.1) is 22.6 Å². The highest BCUT2D eigenvalue weighted by Crippen LogP contribution is 2.37. The maximum atomic E-state index is 10.7. The van der Waals surface area contributed by atoms with Gasteiger partial charge in [-0.25, -0.2) is 0 Å². The molecule has 1 N–H and O–H groups in total. The zero-order valence-electron chi connectivity index (χ0n) is 10.5. The van der Waals surface area contributed by atoms with Crippen molar-refractivity contribution in [1.29, 1.82) is 0 Å². The molecule has 1 aromatic rings. The molecule has 0 atom stereocenters. The average molecular weight is 286 g/mol. The van der Waals surface area contributed by atoms with Gasteiger partial charge in [0, 0.05) is 6.07 Å². The second kappa shape index (κ2) is 6.10. The molecule has 2 rings (SSSR count). The van der Waals surface area contributed by atoms with Gasteiger partial charge in [0.25, 0.3) is 0 Å². The van der Waals surface area contributed by atoms with E-state index in [2.05, 4.69) is 0 Å². The Labute approximate surface area is 116 Å². The number of hydrogen-bond acceptors (Lipinski definition) is 4. The number of nitro benzene ring substituents is 1. The van der Waals surface area contributed by atoms with Gasteiger partial charge < -0.3 is 9.84 Å². The Bertz CT molecular complexity index is 472. The summed E-state index contributed by atoms with van der Waals surface area (Å²) in [7, 11) is 0. The van der Waals surface area contributed by atoms with Crippen molar-refractivity contribution in [2.45, 2.75) is 32.1 Å². The quantitative estimate of drug-likeness (QED) is 0.672. The summed E-state index contributed by atoms with van der Waals surface area (Å²) >= 11 is 5.92. The second-order valence-corrected chi connectivity index (χ2v) is 5.25. The zero-order valence-corrected chi connectivity index (χ0v) is 11.2. The normalized spacial score (nSPS) is 16.3. The topological polar surface area (TPSA) is 72.6 Å². The summed E-state index contributed by atoms with van der Waals surface area (Å²) < 4.78 is 5.57. The molecule has 0 bridgehead atoms. The Morgan fingerprint density at radius 3 is 2.68 bits per heavy atom. The first-order valence-corrected chi connectivity index (χ1v) is 6.75. The van der Waals surface area contributed by atoms with Crippen LogP contribution in [-0.4, -0.2) is 16.6 Å². The number of hydrogen-bond donors (Lipinski definition) is 1. The van der Waals surface area contributed by atoms with Crippen LogP contribution in [0.3, 0.4) is 0 Å². The summed E-state index contributed by atoms with van der Waals surface area (Å²) in [6, 6.07) is 2.33. The minimum atomic E-state index is -0.654. The van der Waals surface area contributed by atoms with Crippen LogP contribution in [0.4, 0.5) is 5.69 Å². The second-order valence-electron chi connectivity index (χ2n) is 4.84. The van der Waals surface area contributed by atoms with E-state index in [9.17, 15) is 15.2 Å². The molecule has 104 valence electrons.